The van der Waals surface area contributed by atoms with Crippen molar-refractivity contribution in [2.45, 2.75) is 57.9 Å². The fraction of sp³-hybridized carbons (Fsp3) is 0.476. The third-order valence-corrected chi connectivity index (χ3v) is 4.97. The molecule has 3 rings (SSSR count). The Balaban J connectivity index is 1.63. The molecule has 1 heterocycles. The van der Waals surface area contributed by atoms with Gasteiger partial charge in [-0.05, 0) is 41.8 Å². The maximum atomic E-state index is 12.7. The number of esters is 1. The lowest BCUT2D eigenvalue weighted by atomic mass is 9.97. The van der Waals surface area contributed by atoms with E-state index in [-0.39, 0.29) is 24.3 Å². The van der Waals surface area contributed by atoms with E-state index >= 15 is 0 Å². The van der Waals surface area contributed by atoms with Gasteiger partial charge in [0, 0.05) is 6.04 Å². The van der Waals surface area contributed by atoms with E-state index in [9.17, 15) is 9.59 Å². The van der Waals surface area contributed by atoms with Crippen LogP contribution in [0.1, 0.15) is 56.3 Å². The summed E-state index contributed by atoms with van der Waals surface area (Å²) in [5, 5.41) is 14.3. The highest BCUT2D eigenvalue weighted by Crippen LogP contribution is 2.17. The highest BCUT2D eigenvalue weighted by molar-refractivity contribution is 6.15. The number of hydrogen-bond acceptors (Lipinski definition) is 6. The second-order valence-electron chi connectivity index (χ2n) is 7.26. The number of amides is 1. The molecule has 1 aliphatic rings. The lowest BCUT2D eigenvalue weighted by Gasteiger charge is -2.21. The summed E-state index contributed by atoms with van der Waals surface area (Å²) < 4.78 is 6.59. The van der Waals surface area contributed by atoms with Crippen molar-refractivity contribution in [2.75, 3.05) is 6.61 Å². The van der Waals surface area contributed by atoms with Crippen LogP contribution in [-0.2, 0) is 14.3 Å². The number of benzene rings is 1. The van der Waals surface area contributed by atoms with Gasteiger partial charge in [-0.25, -0.2) is 4.79 Å². The van der Waals surface area contributed by atoms with Gasteiger partial charge in [-0.1, -0.05) is 62.4 Å². The summed E-state index contributed by atoms with van der Waals surface area (Å²) in [6.45, 7) is 1.36. The molecule has 1 N–H and O–H groups in total. The minimum absolute atomic E-state index is 0.150. The van der Waals surface area contributed by atoms with Crippen LogP contribution in [0.5, 0.6) is 0 Å². The molecular formula is C21H27N5O3. The molecule has 2 aromatic rings. The van der Waals surface area contributed by atoms with Crippen molar-refractivity contribution in [2.24, 2.45) is 0 Å². The Hall–Kier alpha value is -3.03. The molecule has 0 radical (unpaired) electrons. The molecule has 29 heavy (non-hydrogen) atoms. The zero-order valence-electron chi connectivity index (χ0n) is 16.7. The monoisotopic (exact) mass is 397 g/mol. The number of aromatic nitrogens is 4. The summed E-state index contributed by atoms with van der Waals surface area (Å²) >= 11 is 0. The van der Waals surface area contributed by atoms with Gasteiger partial charge in [-0.2, -0.15) is 4.68 Å². The van der Waals surface area contributed by atoms with E-state index in [1.54, 1.807) is 13.0 Å². The smallest absolute Gasteiger partial charge is 0.357 e. The predicted octanol–water partition coefficient (Wildman–Crippen LogP) is 2.75. The van der Waals surface area contributed by atoms with Gasteiger partial charge < -0.3 is 10.1 Å². The first-order valence-electron chi connectivity index (χ1n) is 10.1. The maximum Gasteiger partial charge on any atom is 0.357 e. The molecule has 0 atom stereocenters. The molecule has 154 valence electrons. The Bertz CT molecular complexity index is 839. The number of hydrogen-bond donors (Lipinski definition) is 1. The van der Waals surface area contributed by atoms with Crippen molar-refractivity contribution in [3.8, 4) is 0 Å². The van der Waals surface area contributed by atoms with Crippen LogP contribution in [0.25, 0.3) is 11.8 Å². The van der Waals surface area contributed by atoms with Crippen LogP contribution in [0.15, 0.2) is 30.3 Å². The van der Waals surface area contributed by atoms with Crippen molar-refractivity contribution in [1.82, 2.24) is 25.5 Å². The Morgan fingerprint density at radius 3 is 2.48 bits per heavy atom. The van der Waals surface area contributed by atoms with E-state index in [2.05, 4.69) is 20.8 Å². The second-order valence-corrected chi connectivity index (χ2v) is 7.26. The minimum Gasteiger partial charge on any atom is -0.451 e. The molecule has 8 heteroatoms. The zero-order valence-corrected chi connectivity index (χ0v) is 16.7. The number of aryl methyl sites for hydroxylation is 1. The van der Waals surface area contributed by atoms with Crippen LogP contribution < -0.4 is 5.32 Å². The van der Waals surface area contributed by atoms with E-state index in [0.29, 0.717) is 5.82 Å². The Morgan fingerprint density at radius 2 is 1.83 bits per heavy atom. The van der Waals surface area contributed by atoms with Crippen molar-refractivity contribution in [1.29, 1.82) is 0 Å². The summed E-state index contributed by atoms with van der Waals surface area (Å²) in [5.74, 6) is -0.489. The molecule has 8 nitrogen and oxygen atoms in total. The largest absolute Gasteiger partial charge is 0.451 e. The molecule has 0 saturated heterocycles. The molecule has 0 bridgehead atoms. The summed E-state index contributed by atoms with van der Waals surface area (Å²) in [6, 6.07) is 9.48. The predicted molar refractivity (Wildman–Crippen MR) is 108 cm³/mol. The number of nitrogens with zero attached hydrogens (tertiary/aromatic N) is 4. The Morgan fingerprint density at radius 1 is 1.14 bits per heavy atom. The van der Waals surface area contributed by atoms with Crippen molar-refractivity contribution in [3.05, 3.63) is 41.7 Å². The number of ether oxygens (including phenoxy) is 1. The van der Waals surface area contributed by atoms with Gasteiger partial charge in [-0.15, -0.1) is 5.10 Å². The normalized spacial score (nSPS) is 16.0. The van der Waals surface area contributed by atoms with Gasteiger partial charge in [0.2, 0.25) is 0 Å². The quantitative estimate of drug-likeness (QED) is 0.594. The third kappa shape index (κ3) is 6.23. The molecule has 1 amide bonds. The summed E-state index contributed by atoms with van der Waals surface area (Å²) in [4.78, 5) is 25.0. The average Bonchev–Trinajstić information content (AvgIpc) is 3.12. The molecule has 1 aliphatic carbocycles. The first-order chi connectivity index (χ1) is 14.1. The summed E-state index contributed by atoms with van der Waals surface area (Å²) in [5.41, 5.74) is 0.950. The van der Waals surface area contributed by atoms with Crippen LogP contribution in [0, 0.1) is 6.92 Å². The van der Waals surface area contributed by atoms with E-state index in [0.717, 1.165) is 31.2 Å². The summed E-state index contributed by atoms with van der Waals surface area (Å²) in [7, 11) is 0. The lowest BCUT2D eigenvalue weighted by molar-refractivity contribution is -0.143. The van der Waals surface area contributed by atoms with Gasteiger partial charge in [0.15, 0.2) is 18.1 Å². The number of tetrazole rings is 1. The maximum absolute atomic E-state index is 12.7. The van der Waals surface area contributed by atoms with E-state index in [4.69, 9.17) is 4.74 Å². The molecule has 0 aliphatic heterocycles. The lowest BCUT2D eigenvalue weighted by Crippen LogP contribution is -2.38. The zero-order chi connectivity index (χ0) is 20.5. The average molecular weight is 397 g/mol. The van der Waals surface area contributed by atoms with Gasteiger partial charge in [0.25, 0.3) is 5.91 Å². The molecule has 1 aromatic carbocycles. The molecular weight excluding hydrogens is 370 g/mol. The third-order valence-electron chi connectivity index (χ3n) is 4.97. The first kappa shape index (κ1) is 20.7. The van der Waals surface area contributed by atoms with Gasteiger partial charge in [-0.3, -0.25) is 4.79 Å². The fourth-order valence-electron chi connectivity index (χ4n) is 3.44. The van der Waals surface area contributed by atoms with Crippen LogP contribution in [-0.4, -0.2) is 44.7 Å². The van der Waals surface area contributed by atoms with Crippen molar-refractivity contribution in [3.63, 3.8) is 0 Å². The minimum atomic E-state index is -0.655. The van der Waals surface area contributed by atoms with E-state index in [1.807, 2.05) is 30.3 Å². The summed E-state index contributed by atoms with van der Waals surface area (Å²) in [6.07, 6.45) is 9.51. The van der Waals surface area contributed by atoms with Gasteiger partial charge in [0.1, 0.15) is 0 Å². The molecule has 0 unspecified atom stereocenters. The molecule has 1 fully saturated rings. The second kappa shape index (κ2) is 10.5. The van der Waals surface area contributed by atoms with Gasteiger partial charge in [0.05, 0.1) is 0 Å². The number of carbonyl (C=O) groups excluding carboxylic acids is 2. The topological polar surface area (TPSA) is 99.0 Å². The number of rotatable bonds is 6. The van der Waals surface area contributed by atoms with Crippen LogP contribution in [0.3, 0.4) is 0 Å². The number of nitrogens with one attached hydrogen (secondary N) is 1. The fourth-order valence-corrected chi connectivity index (χ4v) is 3.44. The van der Waals surface area contributed by atoms with Gasteiger partial charge >= 0.3 is 5.97 Å². The van der Waals surface area contributed by atoms with E-state index < -0.39 is 5.97 Å². The molecule has 1 aromatic heterocycles. The van der Waals surface area contributed by atoms with Crippen LogP contribution in [0.4, 0.5) is 0 Å². The Labute approximate surface area is 170 Å². The number of carbonyl (C=O) groups is 2. The molecule has 1 saturated carbocycles. The SMILES string of the molecule is Cc1nnnn1/C(=C/c1ccccc1)C(=O)OCC(=O)NC1CCCCCCC1. The molecule has 0 spiro atoms. The first-order valence-corrected chi connectivity index (χ1v) is 10.1. The highest BCUT2D eigenvalue weighted by atomic mass is 16.5. The van der Waals surface area contributed by atoms with Crippen molar-refractivity contribution < 1.29 is 14.3 Å². The van der Waals surface area contributed by atoms with Crippen molar-refractivity contribution >= 4 is 23.6 Å². The highest BCUT2D eigenvalue weighted by Gasteiger charge is 2.20. The van der Waals surface area contributed by atoms with Crippen LogP contribution in [0.2, 0.25) is 0 Å². The Kier molecular flexibility index (Phi) is 7.49. The standard InChI is InChI=1S/C21H27N5O3/c1-16-23-24-25-26(16)19(14-17-10-6-5-7-11-17)21(28)29-15-20(27)22-18-12-8-3-2-4-9-13-18/h5-7,10-11,14,18H,2-4,8-9,12-13,15H2,1H3,(H,22,27)/b19-14+. The van der Waals surface area contributed by atoms with E-state index in [1.165, 1.54) is 23.9 Å². The van der Waals surface area contributed by atoms with Crippen LogP contribution >= 0.6 is 0 Å².